The molecule has 0 unspecified atom stereocenters. The molecular weight excluding hydrogens is 294 g/mol. The number of pyridine rings is 1. The van der Waals surface area contributed by atoms with Gasteiger partial charge in [0.2, 0.25) is 0 Å². The Morgan fingerprint density at radius 2 is 1.87 bits per heavy atom. The molecule has 0 fully saturated rings. The second kappa shape index (κ2) is 6.56. The summed E-state index contributed by atoms with van der Waals surface area (Å²) in [6, 6.07) is 10.3. The van der Waals surface area contributed by atoms with Crippen LogP contribution in [0.1, 0.15) is 19.4 Å². The molecule has 2 amide bonds. The average Bonchev–Trinajstić information content (AvgIpc) is 2.51. The second-order valence-electron chi connectivity index (χ2n) is 5.74. The first-order valence-electron chi connectivity index (χ1n) is 7.23. The minimum absolute atomic E-state index is 0.225. The van der Waals surface area contributed by atoms with E-state index in [1.54, 1.807) is 32.5 Å². The molecule has 0 aliphatic heterocycles. The third-order valence-corrected chi connectivity index (χ3v) is 3.58. The van der Waals surface area contributed by atoms with E-state index in [0.717, 1.165) is 5.56 Å². The van der Waals surface area contributed by atoms with Crippen LogP contribution in [0.15, 0.2) is 47.4 Å². The molecule has 6 nitrogen and oxygen atoms in total. The Balaban J connectivity index is 2.18. The molecule has 0 aliphatic carbocycles. The van der Waals surface area contributed by atoms with Crippen molar-refractivity contribution in [2.45, 2.75) is 19.4 Å². The zero-order valence-corrected chi connectivity index (χ0v) is 13.7. The number of ether oxygens (including phenoxy) is 1. The third-order valence-electron chi connectivity index (χ3n) is 3.58. The van der Waals surface area contributed by atoms with Gasteiger partial charge in [-0.2, -0.15) is 0 Å². The highest BCUT2D eigenvalue weighted by Crippen LogP contribution is 2.29. The van der Waals surface area contributed by atoms with Crippen molar-refractivity contribution in [2.75, 3.05) is 12.4 Å². The van der Waals surface area contributed by atoms with Gasteiger partial charge in [0, 0.05) is 18.8 Å². The van der Waals surface area contributed by atoms with Gasteiger partial charge in [0.1, 0.15) is 11.4 Å². The number of anilines is 1. The number of nitrogens with zero attached hydrogens (tertiary/aromatic N) is 1. The number of para-hydroxylation sites is 1. The lowest BCUT2D eigenvalue weighted by Gasteiger charge is -2.28. The summed E-state index contributed by atoms with van der Waals surface area (Å²) in [6.45, 7) is 3.74. The van der Waals surface area contributed by atoms with Crippen molar-refractivity contribution in [2.24, 2.45) is 7.05 Å². The first-order valence-corrected chi connectivity index (χ1v) is 7.23. The number of methoxy groups -OCH3 is 1. The largest absolute Gasteiger partial charge is 0.496 e. The van der Waals surface area contributed by atoms with Crippen LogP contribution in [0, 0.1) is 0 Å². The van der Waals surface area contributed by atoms with E-state index in [1.165, 1.54) is 4.57 Å². The van der Waals surface area contributed by atoms with Crippen LogP contribution >= 0.6 is 0 Å². The molecule has 122 valence electrons. The maximum absolute atomic E-state index is 12.3. The molecule has 1 heterocycles. The molecule has 0 bridgehead atoms. The molecule has 1 aromatic heterocycles. The van der Waals surface area contributed by atoms with Crippen LogP contribution in [0.2, 0.25) is 0 Å². The van der Waals surface area contributed by atoms with Gasteiger partial charge in [-0.25, -0.2) is 4.79 Å². The van der Waals surface area contributed by atoms with E-state index in [2.05, 4.69) is 10.6 Å². The van der Waals surface area contributed by atoms with Gasteiger partial charge < -0.3 is 19.9 Å². The predicted molar refractivity (Wildman–Crippen MR) is 89.9 cm³/mol. The number of benzene rings is 1. The van der Waals surface area contributed by atoms with E-state index in [1.807, 2.05) is 38.1 Å². The number of rotatable bonds is 4. The Morgan fingerprint density at radius 1 is 1.17 bits per heavy atom. The van der Waals surface area contributed by atoms with Crippen molar-refractivity contribution in [3.8, 4) is 5.75 Å². The second-order valence-corrected chi connectivity index (χ2v) is 5.74. The highest BCUT2D eigenvalue weighted by molar-refractivity contribution is 5.89. The summed E-state index contributed by atoms with van der Waals surface area (Å²) in [5.41, 5.74) is 0.135. The van der Waals surface area contributed by atoms with Crippen LogP contribution in [-0.2, 0) is 12.6 Å². The van der Waals surface area contributed by atoms with E-state index in [9.17, 15) is 9.59 Å². The van der Waals surface area contributed by atoms with Gasteiger partial charge in [-0.05, 0) is 32.0 Å². The van der Waals surface area contributed by atoms with Crippen LogP contribution in [0.3, 0.4) is 0 Å². The van der Waals surface area contributed by atoms with Gasteiger partial charge in [0.25, 0.3) is 5.56 Å². The molecule has 0 atom stereocenters. The van der Waals surface area contributed by atoms with Crippen molar-refractivity contribution in [1.29, 1.82) is 0 Å². The third kappa shape index (κ3) is 3.71. The quantitative estimate of drug-likeness (QED) is 0.910. The fourth-order valence-corrected chi connectivity index (χ4v) is 2.36. The molecule has 0 saturated carbocycles. The molecule has 6 heteroatoms. The van der Waals surface area contributed by atoms with Gasteiger partial charge >= 0.3 is 6.03 Å². The number of carbonyl (C=O) groups excluding carboxylic acids is 1. The summed E-state index contributed by atoms with van der Waals surface area (Å²) in [4.78, 5) is 24.2. The zero-order valence-electron chi connectivity index (χ0n) is 13.7. The minimum Gasteiger partial charge on any atom is -0.496 e. The molecule has 0 radical (unpaired) electrons. The number of nitrogens with one attached hydrogen (secondary N) is 2. The molecule has 0 saturated heterocycles. The summed E-state index contributed by atoms with van der Waals surface area (Å²) in [7, 11) is 3.22. The lowest BCUT2D eigenvalue weighted by Crippen LogP contribution is -2.44. The summed E-state index contributed by atoms with van der Waals surface area (Å²) >= 11 is 0. The average molecular weight is 315 g/mol. The molecule has 2 rings (SSSR count). The number of urea groups is 1. The van der Waals surface area contributed by atoms with Crippen LogP contribution in [0.5, 0.6) is 5.75 Å². The number of amides is 2. The van der Waals surface area contributed by atoms with Gasteiger partial charge in [0.15, 0.2) is 0 Å². The molecule has 2 aromatic rings. The maximum Gasteiger partial charge on any atom is 0.320 e. The van der Waals surface area contributed by atoms with E-state index in [4.69, 9.17) is 4.74 Å². The molecule has 2 N–H and O–H groups in total. The summed E-state index contributed by atoms with van der Waals surface area (Å²) in [5.74, 6) is 0.688. The van der Waals surface area contributed by atoms with Crippen LogP contribution in [0.4, 0.5) is 10.5 Å². The normalized spacial score (nSPS) is 11.0. The Kier molecular flexibility index (Phi) is 4.74. The topological polar surface area (TPSA) is 72.4 Å². The van der Waals surface area contributed by atoms with Gasteiger partial charge in [-0.3, -0.25) is 4.79 Å². The van der Waals surface area contributed by atoms with Crippen LogP contribution in [0.25, 0.3) is 0 Å². The highest BCUT2D eigenvalue weighted by Gasteiger charge is 2.26. The first kappa shape index (κ1) is 16.6. The number of hydrogen-bond acceptors (Lipinski definition) is 3. The Bertz CT molecular complexity index is 766. The number of hydrogen-bond donors (Lipinski definition) is 2. The fourth-order valence-electron chi connectivity index (χ4n) is 2.36. The van der Waals surface area contributed by atoms with Crippen molar-refractivity contribution in [3.05, 3.63) is 58.5 Å². The molecule has 23 heavy (non-hydrogen) atoms. The van der Waals surface area contributed by atoms with Crippen LogP contribution < -0.4 is 20.9 Å². The van der Waals surface area contributed by atoms with E-state index in [-0.39, 0.29) is 11.2 Å². The van der Waals surface area contributed by atoms with Gasteiger partial charge in [-0.1, -0.05) is 18.2 Å². The Labute approximate surface area is 135 Å². The van der Waals surface area contributed by atoms with E-state index < -0.39 is 11.6 Å². The molecule has 0 spiro atoms. The van der Waals surface area contributed by atoms with Crippen molar-refractivity contribution >= 4 is 11.7 Å². The first-order chi connectivity index (χ1) is 10.8. The summed E-state index contributed by atoms with van der Waals surface area (Å²) < 4.78 is 6.75. The monoisotopic (exact) mass is 315 g/mol. The highest BCUT2D eigenvalue weighted by atomic mass is 16.5. The van der Waals surface area contributed by atoms with Crippen molar-refractivity contribution in [3.63, 3.8) is 0 Å². The lowest BCUT2D eigenvalue weighted by molar-refractivity contribution is 0.241. The SMILES string of the molecule is COc1ccccc1C(C)(C)NC(=O)Nc1cccn(C)c1=O. The molecule has 0 aliphatic rings. The maximum atomic E-state index is 12.3. The molecule has 1 aromatic carbocycles. The van der Waals surface area contributed by atoms with Crippen molar-refractivity contribution in [1.82, 2.24) is 9.88 Å². The number of carbonyl (C=O) groups is 1. The van der Waals surface area contributed by atoms with E-state index in [0.29, 0.717) is 5.75 Å². The summed E-state index contributed by atoms with van der Waals surface area (Å²) in [6.07, 6.45) is 1.63. The standard InChI is InChI=1S/C17H21N3O3/c1-17(2,12-8-5-6-10-14(12)23-4)19-16(22)18-13-9-7-11-20(3)15(13)21/h5-11H,1-4H3,(H2,18,19,22). The van der Waals surface area contributed by atoms with E-state index >= 15 is 0 Å². The van der Waals surface area contributed by atoms with Crippen LogP contribution in [-0.4, -0.2) is 17.7 Å². The number of aromatic nitrogens is 1. The predicted octanol–water partition coefficient (Wildman–Crippen LogP) is 2.45. The van der Waals surface area contributed by atoms with Crippen molar-refractivity contribution < 1.29 is 9.53 Å². The minimum atomic E-state index is -0.670. The number of aryl methyl sites for hydroxylation is 1. The van der Waals surface area contributed by atoms with Gasteiger partial charge in [0.05, 0.1) is 12.6 Å². The zero-order chi connectivity index (χ0) is 17.0. The molecular formula is C17H21N3O3. The lowest BCUT2D eigenvalue weighted by atomic mass is 9.93. The fraction of sp³-hybridized carbons (Fsp3) is 0.294. The Hall–Kier alpha value is -2.76. The summed E-state index contributed by atoms with van der Waals surface area (Å²) in [5, 5.41) is 5.45. The Morgan fingerprint density at radius 3 is 2.57 bits per heavy atom. The smallest absolute Gasteiger partial charge is 0.320 e. The van der Waals surface area contributed by atoms with Gasteiger partial charge in [-0.15, -0.1) is 0 Å².